The summed E-state index contributed by atoms with van der Waals surface area (Å²) in [7, 11) is 0. The summed E-state index contributed by atoms with van der Waals surface area (Å²) in [5.41, 5.74) is 1.49. The van der Waals surface area contributed by atoms with Gasteiger partial charge in [0.25, 0.3) is 0 Å². The maximum absolute atomic E-state index is 11.4. The van der Waals surface area contributed by atoms with Crippen LogP contribution in [0.4, 0.5) is 0 Å². The number of aliphatic carboxylic acids is 1. The van der Waals surface area contributed by atoms with Crippen molar-refractivity contribution in [2.45, 2.75) is 13.8 Å². The molecule has 0 saturated heterocycles. The third-order valence-electron chi connectivity index (χ3n) is 2.79. The first-order valence-corrected chi connectivity index (χ1v) is 6.98. The standard InChI is InChI=1S/C15H16O4S/c1-9(2)20-14(15(16)17)10(3)11-4-5-12-13(8-11)19-7-6-18-12/h4-5,8H,1,6-7H2,2-3H3,(H,16,17)/b14-10+. The molecule has 0 aromatic heterocycles. The van der Waals surface area contributed by atoms with E-state index in [1.165, 1.54) is 0 Å². The number of fused-ring (bicyclic) bond motifs is 1. The van der Waals surface area contributed by atoms with Crippen LogP contribution in [-0.4, -0.2) is 24.3 Å². The number of ether oxygens (including phenoxy) is 2. The van der Waals surface area contributed by atoms with Gasteiger partial charge in [-0.15, -0.1) is 0 Å². The molecule has 0 atom stereocenters. The Morgan fingerprint density at radius 2 is 1.90 bits per heavy atom. The van der Waals surface area contributed by atoms with E-state index in [0.29, 0.717) is 30.3 Å². The summed E-state index contributed by atoms with van der Waals surface area (Å²) >= 11 is 1.16. The Bertz CT molecular complexity index is 590. The van der Waals surface area contributed by atoms with E-state index >= 15 is 0 Å². The minimum Gasteiger partial charge on any atom is -0.486 e. The van der Waals surface area contributed by atoms with Crippen molar-refractivity contribution in [3.8, 4) is 11.5 Å². The van der Waals surface area contributed by atoms with Gasteiger partial charge in [-0.1, -0.05) is 24.4 Å². The fourth-order valence-electron chi connectivity index (χ4n) is 1.86. The van der Waals surface area contributed by atoms with Crippen molar-refractivity contribution < 1.29 is 19.4 Å². The van der Waals surface area contributed by atoms with E-state index < -0.39 is 5.97 Å². The molecule has 1 aromatic carbocycles. The lowest BCUT2D eigenvalue weighted by Crippen LogP contribution is -2.15. The minimum absolute atomic E-state index is 0.272. The molecular formula is C15H16O4S. The second-order valence-corrected chi connectivity index (χ2v) is 5.73. The number of thioether (sulfide) groups is 1. The van der Waals surface area contributed by atoms with Crippen LogP contribution in [0.15, 0.2) is 34.6 Å². The highest BCUT2D eigenvalue weighted by atomic mass is 32.2. The van der Waals surface area contributed by atoms with Gasteiger partial charge in [0, 0.05) is 0 Å². The molecule has 4 nitrogen and oxygen atoms in total. The maximum atomic E-state index is 11.4. The normalized spacial score (nSPS) is 14.5. The number of carboxylic acid groups (broad SMARTS) is 1. The highest BCUT2D eigenvalue weighted by Gasteiger charge is 2.17. The Morgan fingerprint density at radius 1 is 1.25 bits per heavy atom. The average Bonchev–Trinajstić information content (AvgIpc) is 2.43. The predicted molar refractivity (Wildman–Crippen MR) is 80.1 cm³/mol. The Hall–Kier alpha value is -1.88. The molecule has 106 valence electrons. The fourth-order valence-corrected chi connectivity index (χ4v) is 2.57. The summed E-state index contributed by atoms with van der Waals surface area (Å²) in [6.45, 7) is 8.35. The van der Waals surface area contributed by atoms with Crippen LogP contribution in [0.3, 0.4) is 0 Å². The number of allylic oxidation sites excluding steroid dienone is 2. The molecule has 0 bridgehead atoms. The van der Waals surface area contributed by atoms with Crippen LogP contribution in [-0.2, 0) is 4.79 Å². The van der Waals surface area contributed by atoms with Gasteiger partial charge >= 0.3 is 5.97 Å². The van der Waals surface area contributed by atoms with Crippen molar-refractivity contribution in [1.29, 1.82) is 0 Å². The molecule has 0 saturated carbocycles. The van der Waals surface area contributed by atoms with Gasteiger partial charge in [0.1, 0.15) is 18.1 Å². The van der Waals surface area contributed by atoms with Crippen molar-refractivity contribution in [2.75, 3.05) is 13.2 Å². The molecule has 0 unspecified atom stereocenters. The van der Waals surface area contributed by atoms with Gasteiger partial charge in [-0.3, -0.25) is 0 Å². The van der Waals surface area contributed by atoms with E-state index in [1.54, 1.807) is 19.9 Å². The summed E-state index contributed by atoms with van der Waals surface area (Å²) in [4.78, 5) is 12.4. The second kappa shape index (κ2) is 6.05. The quantitative estimate of drug-likeness (QED) is 0.860. The topological polar surface area (TPSA) is 55.8 Å². The van der Waals surface area contributed by atoms with Crippen molar-refractivity contribution in [3.05, 3.63) is 40.2 Å². The zero-order valence-electron chi connectivity index (χ0n) is 11.4. The highest BCUT2D eigenvalue weighted by molar-refractivity contribution is 8.07. The fraction of sp³-hybridized carbons (Fsp3) is 0.267. The first kappa shape index (κ1) is 14.5. The van der Waals surface area contributed by atoms with E-state index in [0.717, 1.165) is 22.2 Å². The van der Waals surface area contributed by atoms with Crippen molar-refractivity contribution in [3.63, 3.8) is 0 Å². The minimum atomic E-state index is -0.953. The molecule has 5 heteroatoms. The van der Waals surface area contributed by atoms with Crippen LogP contribution >= 0.6 is 11.8 Å². The zero-order valence-corrected chi connectivity index (χ0v) is 12.3. The summed E-state index contributed by atoms with van der Waals surface area (Å²) in [6.07, 6.45) is 0. The molecule has 1 aromatic rings. The zero-order chi connectivity index (χ0) is 14.7. The number of rotatable bonds is 4. The van der Waals surface area contributed by atoms with E-state index in [4.69, 9.17) is 9.47 Å². The van der Waals surface area contributed by atoms with E-state index in [2.05, 4.69) is 6.58 Å². The smallest absolute Gasteiger partial charge is 0.342 e. The molecule has 0 radical (unpaired) electrons. The lowest BCUT2D eigenvalue weighted by molar-refractivity contribution is -0.131. The molecule has 0 spiro atoms. The number of hydrogen-bond acceptors (Lipinski definition) is 4. The van der Waals surface area contributed by atoms with Crippen LogP contribution in [0.25, 0.3) is 5.57 Å². The van der Waals surface area contributed by atoms with Gasteiger partial charge in [0.15, 0.2) is 11.5 Å². The first-order valence-electron chi connectivity index (χ1n) is 6.16. The molecular weight excluding hydrogens is 276 g/mol. The summed E-state index contributed by atoms with van der Waals surface area (Å²) in [6, 6.07) is 5.45. The van der Waals surface area contributed by atoms with Gasteiger partial charge in [0.05, 0.1) is 0 Å². The molecule has 1 N–H and O–H groups in total. The van der Waals surface area contributed by atoms with Gasteiger partial charge in [-0.2, -0.15) is 0 Å². The number of hydrogen-bond donors (Lipinski definition) is 1. The lowest BCUT2D eigenvalue weighted by Gasteiger charge is -2.19. The monoisotopic (exact) mass is 292 g/mol. The SMILES string of the molecule is C=C(C)S/C(C(=O)O)=C(\C)c1ccc2c(c1)OCCO2. The molecule has 1 aliphatic rings. The van der Waals surface area contributed by atoms with Crippen LogP contribution in [0.5, 0.6) is 11.5 Å². The highest BCUT2D eigenvalue weighted by Crippen LogP contribution is 2.36. The van der Waals surface area contributed by atoms with E-state index in [1.807, 2.05) is 12.1 Å². The largest absolute Gasteiger partial charge is 0.486 e. The molecule has 0 fully saturated rings. The van der Waals surface area contributed by atoms with Crippen molar-refractivity contribution in [1.82, 2.24) is 0 Å². The van der Waals surface area contributed by atoms with Crippen LogP contribution < -0.4 is 9.47 Å². The molecule has 20 heavy (non-hydrogen) atoms. The molecule has 2 rings (SSSR count). The first-order chi connectivity index (χ1) is 9.49. The molecule has 0 amide bonds. The Kier molecular flexibility index (Phi) is 4.39. The Balaban J connectivity index is 2.42. The van der Waals surface area contributed by atoms with Gasteiger partial charge in [-0.25, -0.2) is 4.79 Å². The molecule has 0 aliphatic carbocycles. The van der Waals surface area contributed by atoms with Gasteiger partial charge < -0.3 is 14.6 Å². The summed E-state index contributed by atoms with van der Waals surface area (Å²) in [5, 5.41) is 9.32. The van der Waals surface area contributed by atoms with Gasteiger partial charge in [0.2, 0.25) is 0 Å². The maximum Gasteiger partial charge on any atom is 0.342 e. The second-order valence-electron chi connectivity index (χ2n) is 4.42. The number of carboxylic acids is 1. The summed E-state index contributed by atoms with van der Waals surface area (Å²) < 4.78 is 11.0. The number of carbonyl (C=O) groups is 1. The molecule has 1 heterocycles. The van der Waals surface area contributed by atoms with Crippen LogP contribution in [0.1, 0.15) is 19.4 Å². The van der Waals surface area contributed by atoms with E-state index in [-0.39, 0.29) is 4.91 Å². The predicted octanol–water partition coefficient (Wildman–Crippen LogP) is 3.54. The average molecular weight is 292 g/mol. The van der Waals surface area contributed by atoms with Crippen LogP contribution in [0.2, 0.25) is 0 Å². The van der Waals surface area contributed by atoms with Crippen molar-refractivity contribution in [2.24, 2.45) is 0 Å². The Labute approximate surface area is 122 Å². The third kappa shape index (κ3) is 3.17. The summed E-state index contributed by atoms with van der Waals surface area (Å²) in [5.74, 6) is 0.390. The third-order valence-corrected chi connectivity index (χ3v) is 3.82. The van der Waals surface area contributed by atoms with Crippen LogP contribution in [0, 0.1) is 0 Å². The van der Waals surface area contributed by atoms with Gasteiger partial charge in [-0.05, 0) is 42.0 Å². The van der Waals surface area contributed by atoms with Crippen molar-refractivity contribution >= 4 is 23.3 Å². The molecule has 1 aliphatic heterocycles. The lowest BCUT2D eigenvalue weighted by atomic mass is 10.1. The number of benzene rings is 1. The Morgan fingerprint density at radius 3 is 2.50 bits per heavy atom. The van der Waals surface area contributed by atoms with E-state index in [9.17, 15) is 9.90 Å².